The molecule has 0 aliphatic heterocycles. The molecule has 0 unspecified atom stereocenters. The van der Waals surface area contributed by atoms with Crippen molar-refractivity contribution in [1.29, 1.82) is 0 Å². The molecule has 2 heterocycles. The number of hydrogen-bond donors (Lipinski definition) is 1. The first kappa shape index (κ1) is 11.5. The zero-order valence-electron chi connectivity index (χ0n) is 9.86. The topological polar surface area (TPSA) is 82.5 Å². The third-order valence-electron chi connectivity index (χ3n) is 3.09. The van der Waals surface area contributed by atoms with Crippen molar-refractivity contribution in [3.63, 3.8) is 0 Å². The maximum Gasteiger partial charge on any atom is 0.214 e. The minimum Gasteiger partial charge on any atom is -0.384 e. The molecule has 0 radical (unpaired) electrons. The first-order chi connectivity index (χ1) is 8.83. The SMILES string of the molecule is Nc1cc(Sc2nnnn2C2CCCC2)ccn1. The molecular formula is C11H14N6S. The fourth-order valence-electron chi connectivity index (χ4n) is 2.23. The third-order valence-corrected chi connectivity index (χ3v) is 4.04. The second kappa shape index (κ2) is 4.93. The van der Waals surface area contributed by atoms with E-state index in [0.717, 1.165) is 22.9 Å². The van der Waals surface area contributed by atoms with Crippen LogP contribution in [0.25, 0.3) is 0 Å². The van der Waals surface area contributed by atoms with E-state index in [1.165, 1.54) is 24.6 Å². The molecule has 6 nitrogen and oxygen atoms in total. The zero-order valence-corrected chi connectivity index (χ0v) is 10.7. The van der Waals surface area contributed by atoms with Crippen LogP contribution in [-0.4, -0.2) is 25.2 Å². The first-order valence-corrected chi connectivity index (χ1v) is 6.82. The van der Waals surface area contributed by atoms with Crippen molar-refractivity contribution in [1.82, 2.24) is 25.2 Å². The van der Waals surface area contributed by atoms with E-state index >= 15 is 0 Å². The molecule has 0 atom stereocenters. The molecule has 0 spiro atoms. The number of pyridine rings is 1. The Labute approximate surface area is 109 Å². The Morgan fingerprint density at radius 2 is 2.17 bits per heavy atom. The van der Waals surface area contributed by atoms with Gasteiger partial charge in [0.15, 0.2) is 0 Å². The van der Waals surface area contributed by atoms with Crippen molar-refractivity contribution in [3.05, 3.63) is 18.3 Å². The number of aromatic nitrogens is 5. The molecule has 94 valence electrons. The first-order valence-electron chi connectivity index (χ1n) is 6.00. The van der Waals surface area contributed by atoms with Gasteiger partial charge in [-0.15, -0.1) is 5.10 Å². The van der Waals surface area contributed by atoms with Crippen LogP contribution >= 0.6 is 11.8 Å². The maximum atomic E-state index is 5.66. The van der Waals surface area contributed by atoms with Crippen LogP contribution < -0.4 is 5.73 Å². The van der Waals surface area contributed by atoms with Crippen molar-refractivity contribution in [2.75, 3.05) is 5.73 Å². The van der Waals surface area contributed by atoms with Gasteiger partial charge in [0.1, 0.15) is 5.82 Å². The summed E-state index contributed by atoms with van der Waals surface area (Å²) in [5.41, 5.74) is 5.66. The van der Waals surface area contributed by atoms with Gasteiger partial charge in [0.05, 0.1) is 6.04 Å². The van der Waals surface area contributed by atoms with Crippen LogP contribution in [0, 0.1) is 0 Å². The molecule has 0 amide bonds. The molecule has 1 fully saturated rings. The summed E-state index contributed by atoms with van der Waals surface area (Å²) < 4.78 is 1.94. The molecule has 0 saturated heterocycles. The van der Waals surface area contributed by atoms with Gasteiger partial charge in [-0.25, -0.2) is 9.67 Å². The Morgan fingerprint density at radius 1 is 1.33 bits per heavy atom. The molecule has 0 aromatic carbocycles. The summed E-state index contributed by atoms with van der Waals surface area (Å²) in [5.74, 6) is 0.514. The lowest BCUT2D eigenvalue weighted by molar-refractivity contribution is 0.423. The van der Waals surface area contributed by atoms with E-state index in [4.69, 9.17) is 5.73 Å². The molecule has 3 rings (SSSR count). The summed E-state index contributed by atoms with van der Waals surface area (Å²) in [6.07, 6.45) is 6.54. The van der Waals surface area contributed by atoms with Gasteiger partial charge in [-0.1, -0.05) is 12.8 Å². The van der Waals surface area contributed by atoms with E-state index in [-0.39, 0.29) is 0 Å². The number of tetrazole rings is 1. The number of nitrogens with two attached hydrogens (primary N) is 1. The number of nitrogen functional groups attached to an aromatic ring is 1. The van der Waals surface area contributed by atoms with E-state index in [1.54, 1.807) is 6.20 Å². The predicted molar refractivity (Wildman–Crippen MR) is 68.1 cm³/mol. The van der Waals surface area contributed by atoms with Crippen molar-refractivity contribution in [2.24, 2.45) is 0 Å². The Bertz CT molecular complexity index is 534. The third kappa shape index (κ3) is 2.31. The van der Waals surface area contributed by atoms with Gasteiger partial charge in [-0.05, 0) is 47.2 Å². The lowest BCUT2D eigenvalue weighted by atomic mass is 10.3. The van der Waals surface area contributed by atoms with Crippen LogP contribution in [0.3, 0.4) is 0 Å². The highest BCUT2D eigenvalue weighted by atomic mass is 32.2. The standard InChI is InChI=1S/C11H14N6S/c12-10-7-9(5-6-13-10)18-11-14-15-16-17(11)8-3-1-2-4-8/h5-8H,1-4H2,(H2,12,13). The molecule has 1 aliphatic rings. The Kier molecular flexibility index (Phi) is 3.14. The van der Waals surface area contributed by atoms with Crippen LogP contribution in [0.1, 0.15) is 31.7 Å². The highest BCUT2D eigenvalue weighted by Gasteiger charge is 2.21. The highest BCUT2D eigenvalue weighted by Crippen LogP contribution is 2.33. The molecular weight excluding hydrogens is 248 g/mol. The number of anilines is 1. The van der Waals surface area contributed by atoms with Gasteiger partial charge in [-0.2, -0.15) is 0 Å². The van der Waals surface area contributed by atoms with Crippen LogP contribution in [0.2, 0.25) is 0 Å². The summed E-state index contributed by atoms with van der Waals surface area (Å²) in [4.78, 5) is 4.99. The van der Waals surface area contributed by atoms with E-state index in [2.05, 4.69) is 20.5 Å². The van der Waals surface area contributed by atoms with E-state index in [1.807, 2.05) is 16.8 Å². The summed E-state index contributed by atoms with van der Waals surface area (Å²) in [7, 11) is 0. The number of nitrogens with zero attached hydrogens (tertiary/aromatic N) is 5. The lowest BCUT2D eigenvalue weighted by Crippen LogP contribution is -2.08. The molecule has 1 aliphatic carbocycles. The molecule has 18 heavy (non-hydrogen) atoms. The van der Waals surface area contributed by atoms with Gasteiger partial charge in [-0.3, -0.25) is 0 Å². The van der Waals surface area contributed by atoms with Crippen molar-refractivity contribution >= 4 is 17.6 Å². The predicted octanol–water partition coefficient (Wildman–Crippen LogP) is 1.92. The average Bonchev–Trinajstić information content (AvgIpc) is 2.98. The van der Waals surface area contributed by atoms with E-state index in [9.17, 15) is 0 Å². The van der Waals surface area contributed by atoms with E-state index < -0.39 is 0 Å². The highest BCUT2D eigenvalue weighted by molar-refractivity contribution is 7.99. The van der Waals surface area contributed by atoms with Crippen LogP contribution in [0.15, 0.2) is 28.4 Å². The van der Waals surface area contributed by atoms with Gasteiger partial charge in [0, 0.05) is 11.1 Å². The van der Waals surface area contributed by atoms with Gasteiger partial charge in [0.2, 0.25) is 5.16 Å². The van der Waals surface area contributed by atoms with Crippen molar-refractivity contribution in [2.45, 2.75) is 41.8 Å². The lowest BCUT2D eigenvalue weighted by Gasteiger charge is -2.10. The normalized spacial score (nSPS) is 16.2. The van der Waals surface area contributed by atoms with Gasteiger partial charge in [0.25, 0.3) is 0 Å². The second-order valence-electron chi connectivity index (χ2n) is 4.36. The van der Waals surface area contributed by atoms with Crippen LogP contribution in [0.5, 0.6) is 0 Å². The largest absolute Gasteiger partial charge is 0.384 e. The van der Waals surface area contributed by atoms with Crippen molar-refractivity contribution in [3.8, 4) is 0 Å². The average molecular weight is 262 g/mol. The smallest absolute Gasteiger partial charge is 0.214 e. The molecule has 2 N–H and O–H groups in total. The summed E-state index contributed by atoms with van der Waals surface area (Å²) in [6.45, 7) is 0. The fourth-order valence-corrected chi connectivity index (χ4v) is 3.10. The zero-order chi connectivity index (χ0) is 12.4. The summed E-state index contributed by atoms with van der Waals surface area (Å²) >= 11 is 1.53. The van der Waals surface area contributed by atoms with Gasteiger partial charge < -0.3 is 5.73 Å². The Morgan fingerprint density at radius 3 is 2.94 bits per heavy atom. The second-order valence-corrected chi connectivity index (χ2v) is 5.40. The fraction of sp³-hybridized carbons (Fsp3) is 0.455. The quantitative estimate of drug-likeness (QED) is 0.910. The van der Waals surface area contributed by atoms with Crippen LogP contribution in [0.4, 0.5) is 5.82 Å². The Balaban J connectivity index is 1.82. The number of rotatable bonds is 3. The Hall–Kier alpha value is -1.63. The molecule has 1 saturated carbocycles. The minimum atomic E-state index is 0.446. The molecule has 2 aromatic heterocycles. The molecule has 7 heteroatoms. The number of hydrogen-bond acceptors (Lipinski definition) is 6. The van der Waals surface area contributed by atoms with Crippen LogP contribution in [-0.2, 0) is 0 Å². The molecule has 0 bridgehead atoms. The maximum absolute atomic E-state index is 5.66. The monoisotopic (exact) mass is 262 g/mol. The van der Waals surface area contributed by atoms with Crippen molar-refractivity contribution < 1.29 is 0 Å². The minimum absolute atomic E-state index is 0.446. The van der Waals surface area contributed by atoms with Gasteiger partial charge >= 0.3 is 0 Å². The summed E-state index contributed by atoms with van der Waals surface area (Å²) in [6, 6.07) is 4.19. The molecule has 2 aromatic rings. The van der Waals surface area contributed by atoms with E-state index in [0.29, 0.717) is 11.9 Å². The summed E-state index contributed by atoms with van der Waals surface area (Å²) in [5, 5.41) is 12.8.